The lowest BCUT2D eigenvalue weighted by molar-refractivity contribution is 0.104. The summed E-state index contributed by atoms with van der Waals surface area (Å²) in [4.78, 5) is 17.8. The summed E-state index contributed by atoms with van der Waals surface area (Å²) in [5.74, 6) is 2.80. The molecular formula is C42H49NO5SSi. The van der Waals surface area contributed by atoms with E-state index in [1.165, 1.54) is 19.3 Å². The lowest BCUT2D eigenvalue weighted by Crippen LogP contribution is -2.43. The first-order chi connectivity index (χ1) is 24.0. The van der Waals surface area contributed by atoms with Crippen LogP contribution in [0.3, 0.4) is 0 Å². The Bertz CT molecular complexity index is 1890. The van der Waals surface area contributed by atoms with E-state index in [1.54, 1.807) is 18.4 Å². The molecule has 0 N–H and O–H groups in total. The van der Waals surface area contributed by atoms with Gasteiger partial charge in [0.2, 0.25) is 8.32 Å². The summed E-state index contributed by atoms with van der Waals surface area (Å²) in [6.07, 6.45) is 3.85. The van der Waals surface area contributed by atoms with Crippen molar-refractivity contribution in [3.8, 4) is 33.4 Å². The minimum Gasteiger partial charge on any atom is -0.544 e. The van der Waals surface area contributed by atoms with Gasteiger partial charge in [-0.1, -0.05) is 57.5 Å². The number of benzene rings is 4. The van der Waals surface area contributed by atoms with Crippen LogP contribution in [0.5, 0.6) is 23.0 Å². The van der Waals surface area contributed by atoms with E-state index < -0.39 is 8.32 Å². The van der Waals surface area contributed by atoms with Crippen molar-refractivity contribution in [3.63, 3.8) is 0 Å². The molecule has 4 aromatic carbocycles. The molecule has 0 atom stereocenters. The molecule has 8 heteroatoms. The number of methoxy groups -OCH3 is 1. The lowest BCUT2D eigenvalue weighted by Gasteiger charge is -2.36. The number of fused-ring (bicyclic) bond motifs is 1. The zero-order valence-corrected chi connectivity index (χ0v) is 32.0. The Balaban J connectivity index is 1.32. The molecule has 5 aromatic rings. The first-order valence-corrected chi connectivity index (χ1v) is 21.4. The van der Waals surface area contributed by atoms with E-state index >= 15 is 0 Å². The molecule has 0 bridgehead atoms. The predicted molar refractivity (Wildman–Crippen MR) is 208 cm³/mol. The highest BCUT2D eigenvalue weighted by atomic mass is 32.1. The van der Waals surface area contributed by atoms with E-state index in [-0.39, 0.29) is 10.8 Å². The molecular weight excluding hydrogens is 659 g/mol. The van der Waals surface area contributed by atoms with E-state index in [2.05, 4.69) is 50.9 Å². The number of carbonyl (C=O) groups is 1. The maximum atomic E-state index is 14.5. The second-order valence-corrected chi connectivity index (χ2v) is 20.3. The Morgan fingerprint density at radius 3 is 2.16 bits per heavy atom. The van der Waals surface area contributed by atoms with Crippen LogP contribution in [-0.4, -0.2) is 52.4 Å². The minimum atomic E-state index is -2.01. The number of nitrogens with zero attached hydrogens (tertiary/aromatic N) is 1. The minimum absolute atomic E-state index is 0.0484. The van der Waals surface area contributed by atoms with Crippen molar-refractivity contribution < 1.29 is 23.4 Å². The molecule has 0 aliphatic carbocycles. The fourth-order valence-corrected chi connectivity index (χ4v) is 8.23. The summed E-state index contributed by atoms with van der Waals surface area (Å²) in [6.45, 7) is 15.5. The van der Waals surface area contributed by atoms with Gasteiger partial charge in [0.25, 0.3) is 0 Å². The number of carbonyl (C=O) groups excluding carboxylic acids is 1. The van der Waals surface area contributed by atoms with Crippen LogP contribution in [0.15, 0.2) is 91.0 Å². The maximum absolute atomic E-state index is 14.5. The monoisotopic (exact) mass is 707 g/mol. The Kier molecular flexibility index (Phi) is 11.0. The van der Waals surface area contributed by atoms with Crippen molar-refractivity contribution in [1.82, 2.24) is 4.90 Å². The Morgan fingerprint density at radius 1 is 0.820 bits per heavy atom. The van der Waals surface area contributed by atoms with Gasteiger partial charge >= 0.3 is 0 Å². The molecule has 2 heterocycles. The van der Waals surface area contributed by atoms with Gasteiger partial charge in [0.05, 0.1) is 7.11 Å². The quantitative estimate of drug-likeness (QED) is 0.0897. The standard InChI is InChI=1S/C42H49NO5SSi/c1-42(2,3)50(5,6)48-34-21-17-32(18-22-34)41-39(40(44)31-15-19-33(20-16-31)46-26-25-43-23-11-8-12-24-43)35-27-36(45-4)37(28-38(35)49-41)47-29-30-13-9-7-10-14-30/h7,9-10,13-22,27-28H,8,11-12,23-26,29H2,1-6H3. The van der Waals surface area contributed by atoms with Gasteiger partial charge in [-0.3, -0.25) is 9.69 Å². The van der Waals surface area contributed by atoms with Crippen molar-refractivity contribution in [2.75, 3.05) is 33.4 Å². The van der Waals surface area contributed by atoms with Crippen molar-refractivity contribution in [1.29, 1.82) is 0 Å². The van der Waals surface area contributed by atoms with Crippen molar-refractivity contribution in [2.45, 2.75) is 64.8 Å². The molecule has 6 rings (SSSR count). The van der Waals surface area contributed by atoms with Crippen LogP contribution < -0.4 is 18.6 Å². The molecule has 0 spiro atoms. The summed E-state index contributed by atoms with van der Waals surface area (Å²) < 4.78 is 25.7. The average molecular weight is 708 g/mol. The van der Waals surface area contributed by atoms with E-state index in [1.807, 2.05) is 78.9 Å². The molecule has 1 saturated heterocycles. The smallest absolute Gasteiger partial charge is 0.250 e. The fourth-order valence-electron chi connectivity index (χ4n) is 5.99. The lowest BCUT2D eigenvalue weighted by atomic mass is 9.97. The Hall–Kier alpha value is -4.11. The normalized spacial score (nSPS) is 14.0. The summed E-state index contributed by atoms with van der Waals surface area (Å²) in [7, 11) is -0.370. The number of ketones is 1. The first kappa shape index (κ1) is 35.7. The van der Waals surface area contributed by atoms with Gasteiger partial charge in [0, 0.05) is 38.7 Å². The molecule has 1 aliphatic heterocycles. The summed E-state index contributed by atoms with van der Waals surface area (Å²) in [6, 6.07) is 29.7. The number of piperidine rings is 1. The van der Waals surface area contributed by atoms with E-state index in [9.17, 15) is 4.79 Å². The molecule has 1 aliphatic rings. The van der Waals surface area contributed by atoms with Gasteiger partial charge in [-0.2, -0.15) is 0 Å². The Labute approximate surface area is 302 Å². The van der Waals surface area contributed by atoms with Crippen LogP contribution in [0.1, 0.15) is 61.5 Å². The molecule has 262 valence electrons. The molecule has 0 unspecified atom stereocenters. The molecule has 50 heavy (non-hydrogen) atoms. The SMILES string of the molecule is COc1cc2c(C(=O)c3ccc(OCCN4CCCCC4)cc3)c(-c3ccc(O[Si](C)(C)C(C)(C)C)cc3)sc2cc1OCc1ccccc1. The predicted octanol–water partition coefficient (Wildman–Crippen LogP) is 10.6. The summed E-state index contributed by atoms with van der Waals surface area (Å²) in [5, 5.41) is 0.923. The number of likely N-dealkylation sites (tertiary alicyclic amines) is 1. The molecule has 0 radical (unpaired) electrons. The number of thiophene rings is 1. The average Bonchev–Trinajstić information content (AvgIpc) is 3.49. The van der Waals surface area contributed by atoms with Gasteiger partial charge in [-0.05, 0) is 110 Å². The number of ether oxygens (including phenoxy) is 3. The molecule has 0 amide bonds. The van der Waals surface area contributed by atoms with Crippen molar-refractivity contribution >= 4 is 35.5 Å². The zero-order valence-electron chi connectivity index (χ0n) is 30.2. The van der Waals surface area contributed by atoms with Crippen LogP contribution >= 0.6 is 11.3 Å². The number of rotatable bonds is 13. The highest BCUT2D eigenvalue weighted by Gasteiger charge is 2.39. The topological polar surface area (TPSA) is 57.2 Å². The van der Waals surface area contributed by atoms with E-state index in [0.29, 0.717) is 35.8 Å². The second kappa shape index (κ2) is 15.4. The van der Waals surface area contributed by atoms with Crippen molar-refractivity contribution in [3.05, 3.63) is 108 Å². The zero-order chi connectivity index (χ0) is 35.3. The van der Waals surface area contributed by atoms with E-state index in [0.717, 1.165) is 57.2 Å². The Morgan fingerprint density at radius 2 is 1.50 bits per heavy atom. The van der Waals surface area contributed by atoms with Gasteiger partial charge in [0.15, 0.2) is 17.3 Å². The number of hydrogen-bond donors (Lipinski definition) is 0. The summed E-state index contributed by atoms with van der Waals surface area (Å²) in [5.41, 5.74) is 3.28. The van der Waals surface area contributed by atoms with Gasteiger partial charge in [0.1, 0.15) is 24.7 Å². The maximum Gasteiger partial charge on any atom is 0.250 e. The third-order valence-corrected chi connectivity index (χ3v) is 15.5. The third-order valence-electron chi connectivity index (χ3n) is 9.98. The van der Waals surface area contributed by atoms with Crippen LogP contribution in [0.2, 0.25) is 18.1 Å². The summed E-state index contributed by atoms with van der Waals surface area (Å²) >= 11 is 1.59. The van der Waals surface area contributed by atoms with Crippen LogP contribution in [0.4, 0.5) is 0 Å². The van der Waals surface area contributed by atoms with Crippen LogP contribution in [0, 0.1) is 0 Å². The second-order valence-electron chi connectivity index (χ2n) is 14.6. The van der Waals surface area contributed by atoms with Gasteiger partial charge in [-0.15, -0.1) is 11.3 Å². The van der Waals surface area contributed by atoms with Crippen molar-refractivity contribution in [2.24, 2.45) is 0 Å². The molecule has 1 aromatic heterocycles. The third kappa shape index (κ3) is 8.25. The van der Waals surface area contributed by atoms with Gasteiger partial charge < -0.3 is 18.6 Å². The largest absolute Gasteiger partial charge is 0.544 e. The highest BCUT2D eigenvalue weighted by Crippen LogP contribution is 2.45. The molecule has 0 saturated carbocycles. The molecule has 6 nitrogen and oxygen atoms in total. The number of hydrogen-bond acceptors (Lipinski definition) is 7. The van der Waals surface area contributed by atoms with Crippen LogP contribution in [-0.2, 0) is 6.61 Å². The van der Waals surface area contributed by atoms with E-state index in [4.69, 9.17) is 18.6 Å². The fraction of sp³-hybridized carbons (Fsp3) is 0.357. The van der Waals surface area contributed by atoms with Crippen LogP contribution in [0.25, 0.3) is 20.5 Å². The highest BCUT2D eigenvalue weighted by molar-refractivity contribution is 7.22. The molecule has 1 fully saturated rings. The first-order valence-electron chi connectivity index (χ1n) is 17.6. The van der Waals surface area contributed by atoms with Gasteiger partial charge in [-0.25, -0.2) is 0 Å².